The molecule has 0 atom stereocenters. The van der Waals surface area contributed by atoms with Gasteiger partial charge >= 0.3 is 0 Å². The predicted molar refractivity (Wildman–Crippen MR) is 117 cm³/mol. The first-order valence-corrected chi connectivity index (χ1v) is 9.28. The van der Waals surface area contributed by atoms with Gasteiger partial charge in [-0.05, 0) is 42.3 Å². The number of amides is 1. The molecule has 4 rings (SSSR count). The van der Waals surface area contributed by atoms with Crippen molar-refractivity contribution >= 4 is 28.6 Å². The second-order valence-electron chi connectivity index (χ2n) is 6.73. The van der Waals surface area contributed by atoms with Crippen LogP contribution in [0.1, 0.15) is 11.1 Å². The fraction of sp³-hybridized carbons (Fsp3) is 0.0400. The standard InChI is InChI=1S/C25H19NO3/c1-17-7-5-6-10-20(17)24-16-22(27)21-15-19(12-13-23(21)29-24)26-25(28)14-11-18-8-3-2-4-9-18/h2-16H,1H3,(H,26,28). The number of hydrogen-bond acceptors (Lipinski definition) is 3. The Morgan fingerprint density at radius 3 is 2.48 bits per heavy atom. The van der Waals surface area contributed by atoms with Gasteiger partial charge in [0, 0.05) is 23.4 Å². The lowest BCUT2D eigenvalue weighted by molar-refractivity contribution is -0.111. The molecule has 0 radical (unpaired) electrons. The van der Waals surface area contributed by atoms with Gasteiger partial charge in [0.25, 0.3) is 0 Å². The summed E-state index contributed by atoms with van der Waals surface area (Å²) in [5.74, 6) is 0.261. The monoisotopic (exact) mass is 381 g/mol. The molecular formula is C25H19NO3. The van der Waals surface area contributed by atoms with E-state index >= 15 is 0 Å². The molecule has 0 aliphatic carbocycles. The number of hydrogen-bond donors (Lipinski definition) is 1. The van der Waals surface area contributed by atoms with Crippen LogP contribution in [0.5, 0.6) is 0 Å². The van der Waals surface area contributed by atoms with Gasteiger partial charge in [0.2, 0.25) is 5.91 Å². The van der Waals surface area contributed by atoms with Gasteiger partial charge in [-0.25, -0.2) is 0 Å². The highest BCUT2D eigenvalue weighted by atomic mass is 16.3. The molecule has 0 spiro atoms. The minimum atomic E-state index is -0.269. The first-order valence-electron chi connectivity index (χ1n) is 9.28. The normalized spacial score (nSPS) is 11.1. The first kappa shape index (κ1) is 18.4. The van der Waals surface area contributed by atoms with E-state index in [1.54, 1.807) is 24.3 Å². The molecule has 3 aromatic carbocycles. The molecule has 4 nitrogen and oxygen atoms in total. The van der Waals surface area contributed by atoms with Crippen molar-refractivity contribution in [2.24, 2.45) is 0 Å². The van der Waals surface area contributed by atoms with Gasteiger partial charge < -0.3 is 9.73 Å². The number of carbonyl (C=O) groups excluding carboxylic acids is 1. The van der Waals surface area contributed by atoms with Crippen LogP contribution in [0.15, 0.2) is 94.2 Å². The van der Waals surface area contributed by atoms with Crippen molar-refractivity contribution in [1.82, 2.24) is 0 Å². The van der Waals surface area contributed by atoms with Crippen LogP contribution in [-0.4, -0.2) is 5.91 Å². The Hall–Kier alpha value is -3.92. The molecule has 1 aromatic heterocycles. The Morgan fingerprint density at radius 1 is 0.931 bits per heavy atom. The number of aryl methyl sites for hydroxylation is 1. The van der Waals surface area contributed by atoms with Crippen molar-refractivity contribution in [3.05, 3.63) is 106 Å². The highest BCUT2D eigenvalue weighted by Crippen LogP contribution is 2.26. The molecule has 0 aliphatic heterocycles. The number of fused-ring (bicyclic) bond motifs is 1. The molecule has 4 aromatic rings. The molecule has 1 N–H and O–H groups in total. The van der Waals surface area contributed by atoms with E-state index < -0.39 is 0 Å². The van der Waals surface area contributed by atoms with E-state index in [0.29, 0.717) is 22.4 Å². The van der Waals surface area contributed by atoms with E-state index in [1.165, 1.54) is 12.1 Å². The SMILES string of the molecule is Cc1ccccc1-c1cc(=O)c2cc(NC(=O)C=Cc3ccccc3)ccc2o1. The topological polar surface area (TPSA) is 59.3 Å². The number of anilines is 1. The maximum absolute atomic E-state index is 12.6. The lowest BCUT2D eigenvalue weighted by Crippen LogP contribution is -2.08. The van der Waals surface area contributed by atoms with E-state index in [1.807, 2.05) is 61.5 Å². The lowest BCUT2D eigenvalue weighted by Gasteiger charge is -2.07. The summed E-state index contributed by atoms with van der Waals surface area (Å²) in [7, 11) is 0. The number of carbonyl (C=O) groups is 1. The Kier molecular flexibility index (Phi) is 5.08. The summed E-state index contributed by atoms with van der Waals surface area (Å²) in [4.78, 5) is 24.8. The second kappa shape index (κ2) is 7.98. The van der Waals surface area contributed by atoms with Crippen molar-refractivity contribution in [2.45, 2.75) is 6.92 Å². The van der Waals surface area contributed by atoms with E-state index in [0.717, 1.165) is 16.7 Å². The third-order valence-electron chi connectivity index (χ3n) is 4.63. The third-order valence-corrected chi connectivity index (χ3v) is 4.63. The zero-order valence-corrected chi connectivity index (χ0v) is 15.9. The zero-order chi connectivity index (χ0) is 20.2. The van der Waals surface area contributed by atoms with Crippen molar-refractivity contribution in [3.8, 4) is 11.3 Å². The molecule has 0 aliphatic rings. The summed E-state index contributed by atoms with van der Waals surface area (Å²) >= 11 is 0. The fourth-order valence-corrected chi connectivity index (χ4v) is 3.14. The minimum Gasteiger partial charge on any atom is -0.456 e. The summed E-state index contributed by atoms with van der Waals surface area (Å²) in [6, 6.07) is 23.9. The van der Waals surface area contributed by atoms with E-state index in [-0.39, 0.29) is 11.3 Å². The minimum absolute atomic E-state index is 0.152. The average molecular weight is 381 g/mol. The van der Waals surface area contributed by atoms with Gasteiger partial charge in [-0.3, -0.25) is 9.59 Å². The van der Waals surface area contributed by atoms with Crippen LogP contribution in [0.2, 0.25) is 0 Å². The highest BCUT2D eigenvalue weighted by molar-refractivity contribution is 6.02. The van der Waals surface area contributed by atoms with Crippen LogP contribution in [0, 0.1) is 6.92 Å². The molecule has 0 fully saturated rings. The Labute approximate surface area is 168 Å². The maximum Gasteiger partial charge on any atom is 0.248 e. The first-order chi connectivity index (χ1) is 14.1. The molecular weight excluding hydrogens is 362 g/mol. The Bertz CT molecular complexity index is 1270. The lowest BCUT2D eigenvalue weighted by atomic mass is 10.1. The van der Waals surface area contributed by atoms with Crippen LogP contribution < -0.4 is 10.7 Å². The van der Waals surface area contributed by atoms with Gasteiger partial charge in [-0.2, -0.15) is 0 Å². The van der Waals surface area contributed by atoms with Crippen LogP contribution in [0.25, 0.3) is 28.4 Å². The third kappa shape index (κ3) is 4.17. The quantitative estimate of drug-likeness (QED) is 0.480. The number of rotatable bonds is 4. The molecule has 4 heteroatoms. The zero-order valence-electron chi connectivity index (χ0n) is 15.9. The van der Waals surface area contributed by atoms with Crippen LogP contribution >= 0.6 is 0 Å². The fourth-order valence-electron chi connectivity index (χ4n) is 3.14. The number of nitrogens with one attached hydrogen (secondary N) is 1. The van der Waals surface area contributed by atoms with Crippen molar-refractivity contribution in [1.29, 1.82) is 0 Å². The highest BCUT2D eigenvalue weighted by Gasteiger charge is 2.10. The summed E-state index contributed by atoms with van der Waals surface area (Å²) in [6.45, 7) is 1.97. The molecule has 1 heterocycles. The number of benzene rings is 3. The van der Waals surface area contributed by atoms with Gasteiger partial charge in [-0.1, -0.05) is 54.6 Å². The molecule has 0 saturated heterocycles. The van der Waals surface area contributed by atoms with Crippen molar-refractivity contribution < 1.29 is 9.21 Å². The summed E-state index contributed by atoms with van der Waals surface area (Å²) < 4.78 is 5.95. The Morgan fingerprint density at radius 2 is 1.69 bits per heavy atom. The predicted octanol–water partition coefficient (Wildman–Crippen LogP) is 5.42. The second-order valence-corrected chi connectivity index (χ2v) is 6.73. The van der Waals surface area contributed by atoms with Crippen LogP contribution in [0.3, 0.4) is 0 Å². The molecule has 0 unspecified atom stereocenters. The van der Waals surface area contributed by atoms with Crippen LogP contribution in [-0.2, 0) is 4.79 Å². The molecule has 0 bridgehead atoms. The molecule has 29 heavy (non-hydrogen) atoms. The van der Waals surface area contributed by atoms with Crippen molar-refractivity contribution in [3.63, 3.8) is 0 Å². The van der Waals surface area contributed by atoms with Crippen molar-refractivity contribution in [2.75, 3.05) is 5.32 Å². The van der Waals surface area contributed by atoms with E-state index in [4.69, 9.17) is 4.42 Å². The Balaban J connectivity index is 1.60. The molecule has 0 saturated carbocycles. The summed E-state index contributed by atoms with van der Waals surface area (Å²) in [6.07, 6.45) is 3.20. The molecule has 142 valence electrons. The maximum atomic E-state index is 12.6. The van der Waals surface area contributed by atoms with Gasteiger partial charge in [-0.15, -0.1) is 0 Å². The summed E-state index contributed by atoms with van der Waals surface area (Å²) in [5, 5.41) is 3.20. The van der Waals surface area contributed by atoms with Crippen LogP contribution in [0.4, 0.5) is 5.69 Å². The molecule has 1 amide bonds. The van der Waals surface area contributed by atoms with Gasteiger partial charge in [0.1, 0.15) is 11.3 Å². The smallest absolute Gasteiger partial charge is 0.248 e. The largest absolute Gasteiger partial charge is 0.456 e. The van der Waals surface area contributed by atoms with Gasteiger partial charge in [0.05, 0.1) is 5.39 Å². The summed E-state index contributed by atoms with van der Waals surface area (Å²) in [5.41, 5.74) is 3.72. The van der Waals surface area contributed by atoms with E-state index in [9.17, 15) is 9.59 Å². The van der Waals surface area contributed by atoms with E-state index in [2.05, 4.69) is 5.32 Å². The average Bonchev–Trinajstić information content (AvgIpc) is 2.74. The van der Waals surface area contributed by atoms with Gasteiger partial charge in [0.15, 0.2) is 5.43 Å².